The van der Waals surface area contributed by atoms with Gasteiger partial charge >= 0.3 is 0 Å². The zero-order valence-electron chi connectivity index (χ0n) is 13.6. The number of nitrogens with zero attached hydrogens (tertiary/aromatic N) is 1. The molecule has 4 rings (SSSR count). The summed E-state index contributed by atoms with van der Waals surface area (Å²) in [6, 6.07) is 8.50. The monoisotopic (exact) mass is 319 g/mol. The Morgan fingerprint density at radius 3 is 2.50 bits per heavy atom. The number of benzene rings is 1. The molecule has 0 spiro atoms. The number of fused-ring (bicyclic) bond motifs is 1. The lowest BCUT2D eigenvalue weighted by molar-refractivity contribution is -0.133. The Labute approximate surface area is 137 Å². The molecule has 1 N–H and O–H groups in total. The molecule has 0 radical (unpaired) electrons. The van der Waals surface area contributed by atoms with Crippen LogP contribution in [0.5, 0.6) is 0 Å². The normalized spacial score (nSPS) is 26.9. The van der Waals surface area contributed by atoms with E-state index >= 15 is 0 Å². The molecule has 1 amide bonds. The van der Waals surface area contributed by atoms with E-state index in [2.05, 4.69) is 45.0 Å². The minimum Gasteiger partial charge on any atom is -0.394 e. The van der Waals surface area contributed by atoms with Crippen molar-refractivity contribution in [3.05, 3.63) is 29.8 Å². The molecule has 1 aromatic rings. The van der Waals surface area contributed by atoms with Gasteiger partial charge in [0.2, 0.25) is 5.91 Å². The third-order valence-corrected chi connectivity index (χ3v) is 6.03. The van der Waals surface area contributed by atoms with E-state index in [1.54, 1.807) is 11.8 Å². The van der Waals surface area contributed by atoms with E-state index in [1.165, 1.54) is 5.56 Å². The van der Waals surface area contributed by atoms with Crippen LogP contribution in [-0.2, 0) is 10.2 Å². The minimum atomic E-state index is -0.224. The summed E-state index contributed by atoms with van der Waals surface area (Å²) in [4.78, 5) is 15.5. The predicted molar refractivity (Wildman–Crippen MR) is 90.1 cm³/mol. The molecule has 0 aromatic heterocycles. The van der Waals surface area contributed by atoms with Crippen LogP contribution in [-0.4, -0.2) is 40.4 Å². The van der Waals surface area contributed by atoms with Crippen molar-refractivity contribution in [3.63, 3.8) is 0 Å². The molecular formula is C18H25NO2S. The molecule has 1 aromatic carbocycles. The summed E-state index contributed by atoms with van der Waals surface area (Å²) in [6.07, 6.45) is 1.97. The van der Waals surface area contributed by atoms with Gasteiger partial charge in [0.25, 0.3) is 0 Å². The lowest BCUT2D eigenvalue weighted by Gasteiger charge is -2.40. The van der Waals surface area contributed by atoms with E-state index in [1.807, 2.05) is 4.90 Å². The molecule has 2 saturated heterocycles. The molecule has 2 aliphatic heterocycles. The summed E-state index contributed by atoms with van der Waals surface area (Å²) in [5, 5.41) is 9.57. The van der Waals surface area contributed by atoms with Gasteiger partial charge < -0.3 is 10.0 Å². The summed E-state index contributed by atoms with van der Waals surface area (Å²) in [7, 11) is 0. The van der Waals surface area contributed by atoms with Crippen LogP contribution in [0.1, 0.15) is 39.2 Å². The summed E-state index contributed by atoms with van der Waals surface area (Å²) in [5.74, 6) is 1.25. The van der Waals surface area contributed by atoms with Crippen LogP contribution in [0.3, 0.4) is 0 Å². The first-order valence-electron chi connectivity index (χ1n) is 7.99. The second-order valence-electron chi connectivity index (χ2n) is 7.72. The standard InChI is InChI=1S/C18H25NO2S/c1-17(2,3)14-4-6-15(7-5-14)22-11-16(21)19-10-13-8-18(19,9-13)12-20/h4-7,13,20H,8-12H2,1-3H3. The molecule has 1 aliphatic carbocycles. The van der Waals surface area contributed by atoms with Crippen LogP contribution in [0.25, 0.3) is 0 Å². The zero-order valence-corrected chi connectivity index (χ0v) is 14.4. The molecule has 2 bridgehead atoms. The van der Waals surface area contributed by atoms with E-state index in [-0.39, 0.29) is 23.5 Å². The Hall–Kier alpha value is -1.00. The van der Waals surface area contributed by atoms with Gasteiger partial charge in [-0.3, -0.25) is 4.79 Å². The Balaban J connectivity index is 1.58. The molecule has 22 heavy (non-hydrogen) atoms. The third-order valence-electron chi connectivity index (χ3n) is 5.03. The van der Waals surface area contributed by atoms with Gasteiger partial charge in [0.1, 0.15) is 0 Å². The summed E-state index contributed by atoms with van der Waals surface area (Å²) in [5.41, 5.74) is 1.24. The fraction of sp³-hybridized carbons (Fsp3) is 0.611. The van der Waals surface area contributed by atoms with E-state index in [4.69, 9.17) is 0 Å². The molecule has 120 valence electrons. The first kappa shape index (κ1) is 15.9. The highest BCUT2D eigenvalue weighted by molar-refractivity contribution is 8.00. The van der Waals surface area contributed by atoms with E-state index in [0.717, 1.165) is 24.3 Å². The number of thioether (sulfide) groups is 1. The molecule has 0 unspecified atom stereocenters. The van der Waals surface area contributed by atoms with Crippen molar-refractivity contribution in [3.8, 4) is 0 Å². The summed E-state index contributed by atoms with van der Waals surface area (Å²) in [6.45, 7) is 7.55. The van der Waals surface area contributed by atoms with Crippen LogP contribution in [0, 0.1) is 5.92 Å². The number of aliphatic hydroxyl groups excluding tert-OH is 1. The first-order valence-corrected chi connectivity index (χ1v) is 8.97. The minimum absolute atomic E-state index is 0.111. The number of amides is 1. The molecule has 3 fully saturated rings. The smallest absolute Gasteiger partial charge is 0.233 e. The van der Waals surface area contributed by atoms with E-state index < -0.39 is 0 Å². The van der Waals surface area contributed by atoms with Crippen LogP contribution in [0.2, 0.25) is 0 Å². The van der Waals surface area contributed by atoms with Gasteiger partial charge in [-0.2, -0.15) is 0 Å². The van der Waals surface area contributed by atoms with Crippen molar-refractivity contribution in [1.29, 1.82) is 0 Å². The highest BCUT2D eigenvalue weighted by Gasteiger charge is 2.57. The summed E-state index contributed by atoms with van der Waals surface area (Å²) < 4.78 is 0. The fourth-order valence-corrected chi connectivity index (χ4v) is 4.45. The Bertz CT molecular complexity index is 555. The molecular weight excluding hydrogens is 294 g/mol. The average molecular weight is 319 g/mol. The Morgan fingerprint density at radius 1 is 1.32 bits per heavy atom. The average Bonchev–Trinajstić information content (AvgIpc) is 2.99. The first-order chi connectivity index (χ1) is 10.3. The molecule has 3 nitrogen and oxygen atoms in total. The summed E-state index contributed by atoms with van der Waals surface area (Å²) >= 11 is 1.59. The SMILES string of the molecule is CC(C)(C)c1ccc(SCC(=O)N2CC3CC2(CO)C3)cc1. The highest BCUT2D eigenvalue weighted by atomic mass is 32.2. The Morgan fingerprint density at radius 2 is 1.95 bits per heavy atom. The molecule has 3 aliphatic rings. The van der Waals surface area contributed by atoms with Gasteiger partial charge in [-0.05, 0) is 41.9 Å². The van der Waals surface area contributed by atoms with Crippen molar-refractivity contribution in [2.45, 2.75) is 49.5 Å². The third kappa shape index (κ3) is 2.79. The number of carbonyl (C=O) groups is 1. The lowest BCUT2D eigenvalue weighted by atomic mass is 9.74. The van der Waals surface area contributed by atoms with Gasteiger partial charge in [0.05, 0.1) is 17.9 Å². The van der Waals surface area contributed by atoms with Crippen LogP contribution < -0.4 is 0 Å². The van der Waals surface area contributed by atoms with Gasteiger partial charge in [-0.15, -0.1) is 11.8 Å². The predicted octanol–water partition coefficient (Wildman–Crippen LogP) is 3.06. The molecule has 2 heterocycles. The van der Waals surface area contributed by atoms with Gasteiger partial charge in [-0.1, -0.05) is 32.9 Å². The number of aliphatic hydroxyl groups is 1. The topological polar surface area (TPSA) is 40.5 Å². The van der Waals surface area contributed by atoms with Crippen LogP contribution in [0.4, 0.5) is 0 Å². The lowest BCUT2D eigenvalue weighted by Crippen LogP contribution is -2.51. The van der Waals surface area contributed by atoms with Crippen LogP contribution >= 0.6 is 11.8 Å². The van der Waals surface area contributed by atoms with Gasteiger partial charge in [0.15, 0.2) is 0 Å². The molecule has 0 atom stereocenters. The van der Waals surface area contributed by atoms with Crippen molar-refractivity contribution in [2.75, 3.05) is 18.9 Å². The quantitative estimate of drug-likeness (QED) is 0.867. The van der Waals surface area contributed by atoms with Crippen molar-refractivity contribution in [2.24, 2.45) is 5.92 Å². The van der Waals surface area contributed by atoms with E-state index in [9.17, 15) is 9.90 Å². The number of hydrogen-bond donors (Lipinski definition) is 1. The molecule has 1 saturated carbocycles. The fourth-order valence-electron chi connectivity index (χ4n) is 3.67. The maximum absolute atomic E-state index is 12.4. The second kappa shape index (κ2) is 5.57. The van der Waals surface area contributed by atoms with E-state index in [0.29, 0.717) is 11.7 Å². The van der Waals surface area contributed by atoms with Crippen molar-refractivity contribution >= 4 is 17.7 Å². The number of hydrogen-bond acceptors (Lipinski definition) is 3. The van der Waals surface area contributed by atoms with Crippen molar-refractivity contribution in [1.82, 2.24) is 4.90 Å². The van der Waals surface area contributed by atoms with Crippen molar-refractivity contribution < 1.29 is 9.90 Å². The largest absolute Gasteiger partial charge is 0.394 e. The maximum atomic E-state index is 12.4. The number of carbonyl (C=O) groups excluding carboxylic acids is 1. The van der Waals surface area contributed by atoms with Gasteiger partial charge in [0, 0.05) is 11.4 Å². The number of rotatable bonds is 4. The zero-order chi connectivity index (χ0) is 16.0. The van der Waals surface area contributed by atoms with Crippen LogP contribution in [0.15, 0.2) is 29.2 Å². The molecule has 4 heteroatoms. The maximum Gasteiger partial charge on any atom is 0.233 e. The highest BCUT2D eigenvalue weighted by Crippen LogP contribution is 2.50. The van der Waals surface area contributed by atoms with Gasteiger partial charge in [-0.25, -0.2) is 0 Å². The Kier molecular flexibility index (Phi) is 4.02. The second-order valence-corrected chi connectivity index (χ2v) is 8.77.